The van der Waals surface area contributed by atoms with Crippen LogP contribution in [0.4, 0.5) is 13.2 Å². The van der Waals surface area contributed by atoms with Crippen molar-refractivity contribution < 1.29 is 18.3 Å². The van der Waals surface area contributed by atoms with Crippen molar-refractivity contribution in [2.75, 3.05) is 6.54 Å². The maximum atomic E-state index is 12.7. The quantitative estimate of drug-likeness (QED) is 0.888. The topological polar surface area (TPSA) is 45.1 Å². The van der Waals surface area contributed by atoms with Crippen LogP contribution in [0.25, 0.3) is 0 Å². The molecule has 0 radical (unpaired) electrons. The number of pyridine rings is 1. The third-order valence-corrected chi connectivity index (χ3v) is 3.35. The zero-order valence-electron chi connectivity index (χ0n) is 12.0. The van der Waals surface area contributed by atoms with Crippen LogP contribution in [-0.4, -0.2) is 16.6 Å². The minimum absolute atomic E-state index is 0.110. The van der Waals surface area contributed by atoms with E-state index in [0.29, 0.717) is 0 Å². The molecule has 2 aromatic rings. The van der Waals surface area contributed by atoms with Gasteiger partial charge < -0.3 is 10.4 Å². The van der Waals surface area contributed by atoms with Crippen molar-refractivity contribution in [2.45, 2.75) is 25.2 Å². The van der Waals surface area contributed by atoms with Crippen LogP contribution in [0, 0.1) is 0 Å². The molecule has 2 atom stereocenters. The van der Waals surface area contributed by atoms with Gasteiger partial charge in [-0.2, -0.15) is 13.2 Å². The lowest BCUT2D eigenvalue weighted by atomic mass is 10.1. The first-order valence-electron chi connectivity index (χ1n) is 6.87. The zero-order chi connectivity index (χ0) is 16.2. The summed E-state index contributed by atoms with van der Waals surface area (Å²) in [6.45, 7) is 2.01. The fraction of sp³-hybridized carbons (Fsp3) is 0.312. The van der Waals surface area contributed by atoms with E-state index >= 15 is 0 Å². The molecule has 1 aromatic carbocycles. The van der Waals surface area contributed by atoms with Crippen molar-refractivity contribution in [1.29, 1.82) is 0 Å². The molecule has 2 unspecified atom stereocenters. The first-order chi connectivity index (χ1) is 10.4. The van der Waals surface area contributed by atoms with E-state index in [4.69, 9.17) is 0 Å². The molecular weight excluding hydrogens is 293 g/mol. The number of halogens is 3. The second kappa shape index (κ2) is 6.89. The Bertz CT molecular complexity index is 602. The van der Waals surface area contributed by atoms with Gasteiger partial charge in [0.25, 0.3) is 0 Å². The van der Waals surface area contributed by atoms with Gasteiger partial charge in [-0.25, -0.2) is 0 Å². The summed E-state index contributed by atoms with van der Waals surface area (Å²) >= 11 is 0. The van der Waals surface area contributed by atoms with Gasteiger partial charge in [-0.05, 0) is 36.8 Å². The Hall–Kier alpha value is -1.92. The van der Waals surface area contributed by atoms with Crippen LogP contribution in [-0.2, 0) is 6.18 Å². The molecule has 2 rings (SSSR count). The molecule has 3 nitrogen and oxygen atoms in total. The summed E-state index contributed by atoms with van der Waals surface area (Å²) in [5, 5.41) is 13.1. The van der Waals surface area contributed by atoms with Gasteiger partial charge in [0.1, 0.15) is 0 Å². The fourth-order valence-electron chi connectivity index (χ4n) is 2.07. The lowest BCUT2D eigenvalue weighted by molar-refractivity contribution is -0.137. The highest BCUT2D eigenvalue weighted by molar-refractivity contribution is 5.27. The molecule has 6 heteroatoms. The third-order valence-electron chi connectivity index (χ3n) is 3.35. The number of aliphatic hydroxyl groups is 1. The molecule has 0 fully saturated rings. The number of aliphatic hydroxyl groups excluding tert-OH is 1. The maximum absolute atomic E-state index is 12.7. The van der Waals surface area contributed by atoms with E-state index in [9.17, 15) is 18.3 Å². The summed E-state index contributed by atoms with van der Waals surface area (Å²) in [6.07, 6.45) is -3.77. The Morgan fingerprint density at radius 3 is 2.59 bits per heavy atom. The molecule has 1 aromatic heterocycles. The van der Waals surface area contributed by atoms with Crippen LogP contribution in [0.3, 0.4) is 0 Å². The summed E-state index contributed by atoms with van der Waals surface area (Å²) in [6, 6.07) is 10.1. The number of alkyl halides is 3. The summed E-state index contributed by atoms with van der Waals surface area (Å²) in [5.74, 6) is 0. The Morgan fingerprint density at radius 1 is 1.18 bits per heavy atom. The highest BCUT2D eigenvalue weighted by Gasteiger charge is 2.30. The number of hydrogen-bond donors (Lipinski definition) is 2. The molecule has 0 spiro atoms. The fourth-order valence-corrected chi connectivity index (χ4v) is 2.07. The van der Waals surface area contributed by atoms with Gasteiger partial charge in [-0.1, -0.05) is 18.2 Å². The second-order valence-corrected chi connectivity index (χ2v) is 5.02. The van der Waals surface area contributed by atoms with E-state index in [1.165, 1.54) is 12.1 Å². The number of aromatic nitrogens is 1. The first-order valence-corrected chi connectivity index (χ1v) is 6.87. The monoisotopic (exact) mass is 310 g/mol. The molecule has 0 bridgehead atoms. The van der Waals surface area contributed by atoms with E-state index in [2.05, 4.69) is 10.3 Å². The molecular formula is C16H17F3N2O. The number of benzene rings is 1. The van der Waals surface area contributed by atoms with Crippen molar-refractivity contribution in [3.8, 4) is 0 Å². The van der Waals surface area contributed by atoms with Gasteiger partial charge >= 0.3 is 6.18 Å². The number of nitrogens with zero attached hydrogens (tertiary/aromatic N) is 1. The standard InChI is InChI=1S/C16H17F3N2O/c1-11(14-7-2-3-8-20-14)21-10-15(22)12-5-4-6-13(9-12)16(17,18)19/h2-9,11,15,21-22H,10H2,1H3. The first kappa shape index (κ1) is 16.5. The van der Waals surface area contributed by atoms with Gasteiger partial charge in [-0.15, -0.1) is 0 Å². The molecule has 0 saturated heterocycles. The summed E-state index contributed by atoms with van der Waals surface area (Å²) < 4.78 is 38.0. The van der Waals surface area contributed by atoms with Gasteiger partial charge in [0.2, 0.25) is 0 Å². The molecule has 2 N–H and O–H groups in total. The van der Waals surface area contributed by atoms with E-state index in [-0.39, 0.29) is 18.2 Å². The van der Waals surface area contributed by atoms with Crippen molar-refractivity contribution in [3.05, 3.63) is 65.5 Å². The van der Waals surface area contributed by atoms with Crippen molar-refractivity contribution in [1.82, 2.24) is 10.3 Å². The largest absolute Gasteiger partial charge is 0.416 e. The third kappa shape index (κ3) is 4.29. The highest BCUT2D eigenvalue weighted by atomic mass is 19.4. The van der Waals surface area contributed by atoms with Crippen LogP contribution in [0.15, 0.2) is 48.7 Å². The highest BCUT2D eigenvalue weighted by Crippen LogP contribution is 2.30. The molecule has 0 aliphatic heterocycles. The van der Waals surface area contributed by atoms with E-state index in [1.54, 1.807) is 12.3 Å². The van der Waals surface area contributed by atoms with Crippen LogP contribution in [0.5, 0.6) is 0 Å². The smallest absolute Gasteiger partial charge is 0.387 e. The van der Waals surface area contributed by atoms with E-state index in [1.807, 2.05) is 19.1 Å². The van der Waals surface area contributed by atoms with Gasteiger partial charge in [0, 0.05) is 18.8 Å². The zero-order valence-corrected chi connectivity index (χ0v) is 12.0. The predicted molar refractivity (Wildman–Crippen MR) is 77.1 cm³/mol. The maximum Gasteiger partial charge on any atom is 0.416 e. The molecule has 0 aliphatic rings. The molecule has 118 valence electrons. The average molecular weight is 310 g/mol. The van der Waals surface area contributed by atoms with Gasteiger partial charge in [0.05, 0.1) is 17.4 Å². The lowest BCUT2D eigenvalue weighted by Gasteiger charge is -2.18. The summed E-state index contributed by atoms with van der Waals surface area (Å²) in [7, 11) is 0. The molecule has 0 aliphatic carbocycles. The van der Waals surface area contributed by atoms with E-state index in [0.717, 1.165) is 17.8 Å². The van der Waals surface area contributed by atoms with Gasteiger partial charge in [-0.3, -0.25) is 4.98 Å². The van der Waals surface area contributed by atoms with Crippen molar-refractivity contribution in [3.63, 3.8) is 0 Å². The Balaban J connectivity index is 1.99. The Labute approximate surface area is 126 Å². The minimum Gasteiger partial charge on any atom is -0.387 e. The van der Waals surface area contributed by atoms with Crippen LogP contribution in [0.2, 0.25) is 0 Å². The molecule has 1 heterocycles. The Kier molecular flexibility index (Phi) is 5.15. The second-order valence-electron chi connectivity index (χ2n) is 5.02. The van der Waals surface area contributed by atoms with Gasteiger partial charge in [0.15, 0.2) is 0 Å². The SMILES string of the molecule is CC(NCC(O)c1cccc(C(F)(F)F)c1)c1ccccn1. The predicted octanol–water partition coefficient (Wildman–Crippen LogP) is 3.48. The van der Waals surface area contributed by atoms with Crippen LogP contribution >= 0.6 is 0 Å². The minimum atomic E-state index is -4.41. The number of rotatable bonds is 5. The van der Waals surface area contributed by atoms with Crippen LogP contribution in [0.1, 0.15) is 35.9 Å². The average Bonchev–Trinajstić information content (AvgIpc) is 2.52. The van der Waals surface area contributed by atoms with Crippen molar-refractivity contribution >= 4 is 0 Å². The molecule has 22 heavy (non-hydrogen) atoms. The van der Waals surface area contributed by atoms with Crippen molar-refractivity contribution in [2.24, 2.45) is 0 Å². The summed E-state index contributed by atoms with van der Waals surface area (Å²) in [4.78, 5) is 4.18. The summed E-state index contributed by atoms with van der Waals surface area (Å²) in [5.41, 5.74) is 0.274. The lowest BCUT2D eigenvalue weighted by Crippen LogP contribution is -2.25. The normalized spacial score (nSPS) is 14.6. The number of nitrogens with one attached hydrogen (secondary N) is 1. The van der Waals surface area contributed by atoms with Crippen LogP contribution < -0.4 is 5.32 Å². The molecule has 0 saturated carbocycles. The number of hydrogen-bond acceptors (Lipinski definition) is 3. The Morgan fingerprint density at radius 2 is 1.95 bits per heavy atom. The van der Waals surface area contributed by atoms with E-state index < -0.39 is 17.8 Å². The molecule has 0 amide bonds.